The number of nitrogens with zero attached hydrogens (tertiary/aromatic N) is 1. The van der Waals surface area contributed by atoms with E-state index in [-0.39, 0.29) is 16.8 Å². The largest absolute Gasteiger partial charge is 0.269 e. The molecule has 0 aromatic heterocycles. The molecule has 0 radical (unpaired) electrons. The minimum Gasteiger partial charge on any atom is -0.268 e. The molecule has 0 N–H and O–H groups in total. The highest BCUT2D eigenvalue weighted by molar-refractivity contribution is 7.90. The average molecular weight is 277 g/mol. The summed E-state index contributed by atoms with van der Waals surface area (Å²) in [4.78, 5) is 12.6. The summed E-state index contributed by atoms with van der Waals surface area (Å²) in [6.45, 7) is 0. The number of amides is 1. The number of hydrogen-bond donors (Lipinski definition) is 0. The number of fused-ring (bicyclic) bond motifs is 3. The lowest BCUT2D eigenvalue weighted by atomic mass is 9.95. The summed E-state index contributed by atoms with van der Waals surface area (Å²) in [6.07, 6.45) is 4.19. The second kappa shape index (κ2) is 3.60. The number of sulfonamides is 1. The molecule has 1 aliphatic heterocycles. The van der Waals surface area contributed by atoms with E-state index >= 15 is 0 Å². The molecule has 2 fully saturated rings. The zero-order valence-corrected chi connectivity index (χ0v) is 11.3. The minimum absolute atomic E-state index is 0.108. The minimum atomic E-state index is -3.62. The molecular weight excluding hydrogens is 262 g/mol. The van der Waals surface area contributed by atoms with Gasteiger partial charge in [-0.15, -0.1) is 0 Å². The molecule has 1 heterocycles. The Bertz CT molecular complexity index is 667. The molecule has 1 aromatic carbocycles. The first kappa shape index (κ1) is 11.5. The molecule has 1 aromatic rings. The molecule has 0 spiro atoms. The third-order valence-electron chi connectivity index (χ3n) is 4.86. The van der Waals surface area contributed by atoms with E-state index in [2.05, 4.69) is 0 Å². The van der Waals surface area contributed by atoms with Gasteiger partial charge in [0.25, 0.3) is 15.9 Å². The van der Waals surface area contributed by atoms with Crippen LogP contribution in [0.25, 0.3) is 0 Å². The van der Waals surface area contributed by atoms with Crippen LogP contribution >= 0.6 is 0 Å². The number of hydrogen-bond acceptors (Lipinski definition) is 3. The molecular formula is C14H15NO3S. The SMILES string of the molecule is O=C1c2ccccc2S(=O)(=O)N1C1CC2CCC1C2. The van der Waals surface area contributed by atoms with E-state index in [1.165, 1.54) is 16.8 Å². The quantitative estimate of drug-likeness (QED) is 0.789. The fourth-order valence-electron chi connectivity index (χ4n) is 4.03. The lowest BCUT2D eigenvalue weighted by Crippen LogP contribution is -2.42. The van der Waals surface area contributed by atoms with Crippen molar-refractivity contribution in [2.45, 2.75) is 36.6 Å². The highest BCUT2D eigenvalue weighted by Gasteiger charge is 2.51. The first-order valence-electron chi connectivity index (χ1n) is 6.77. The summed E-state index contributed by atoms with van der Waals surface area (Å²) in [5.74, 6) is 0.660. The Morgan fingerprint density at radius 1 is 1.11 bits per heavy atom. The highest BCUT2D eigenvalue weighted by Crippen LogP contribution is 2.49. The van der Waals surface area contributed by atoms with Crippen molar-refractivity contribution >= 4 is 15.9 Å². The second-order valence-electron chi connectivity index (χ2n) is 5.84. The summed E-state index contributed by atoms with van der Waals surface area (Å²) in [7, 11) is -3.62. The molecule has 3 aliphatic rings. The van der Waals surface area contributed by atoms with Gasteiger partial charge in [0.2, 0.25) is 0 Å². The third-order valence-corrected chi connectivity index (χ3v) is 6.72. The normalized spacial score (nSPS) is 34.8. The fraction of sp³-hybridized carbons (Fsp3) is 0.500. The van der Waals surface area contributed by atoms with Crippen molar-refractivity contribution in [3.8, 4) is 0 Å². The molecule has 0 saturated heterocycles. The number of carbonyl (C=O) groups is 1. The van der Waals surface area contributed by atoms with Crippen molar-refractivity contribution in [3.05, 3.63) is 29.8 Å². The second-order valence-corrected chi connectivity index (χ2v) is 7.63. The van der Waals surface area contributed by atoms with Crippen molar-refractivity contribution in [1.82, 2.24) is 4.31 Å². The molecule has 2 aliphatic carbocycles. The maximum Gasteiger partial charge on any atom is 0.269 e. The highest BCUT2D eigenvalue weighted by atomic mass is 32.2. The van der Waals surface area contributed by atoms with Gasteiger partial charge in [0, 0.05) is 0 Å². The van der Waals surface area contributed by atoms with E-state index in [1.807, 2.05) is 0 Å². The predicted octanol–water partition coefficient (Wildman–Crippen LogP) is 2.02. The van der Waals surface area contributed by atoms with Crippen LogP contribution < -0.4 is 0 Å². The van der Waals surface area contributed by atoms with Crippen molar-refractivity contribution in [1.29, 1.82) is 0 Å². The van der Waals surface area contributed by atoms with Crippen molar-refractivity contribution < 1.29 is 13.2 Å². The first-order chi connectivity index (χ1) is 9.09. The standard InChI is InChI=1S/C14H15NO3S/c16-14-11-3-1-2-4-13(11)19(17,18)15(14)12-8-9-5-6-10(12)7-9/h1-4,9-10,12H,5-8H2. The Kier molecular flexibility index (Phi) is 2.17. The van der Waals surface area contributed by atoms with Gasteiger partial charge in [-0.2, -0.15) is 0 Å². The zero-order valence-electron chi connectivity index (χ0n) is 10.5. The summed E-state index contributed by atoms with van der Waals surface area (Å²) >= 11 is 0. The maximum absolute atomic E-state index is 12.6. The van der Waals surface area contributed by atoms with Crippen molar-refractivity contribution in [2.75, 3.05) is 0 Å². The summed E-state index contributed by atoms with van der Waals surface area (Å²) in [5, 5.41) is 0. The van der Waals surface area contributed by atoms with E-state index in [0.29, 0.717) is 17.4 Å². The van der Waals surface area contributed by atoms with E-state index in [1.54, 1.807) is 18.2 Å². The smallest absolute Gasteiger partial charge is 0.268 e. The summed E-state index contributed by atoms with van der Waals surface area (Å²) < 4.78 is 26.3. The van der Waals surface area contributed by atoms with Crippen LogP contribution in [0, 0.1) is 11.8 Å². The van der Waals surface area contributed by atoms with Crippen LogP contribution in [-0.4, -0.2) is 24.7 Å². The van der Waals surface area contributed by atoms with Crippen LogP contribution in [0.5, 0.6) is 0 Å². The summed E-state index contributed by atoms with van der Waals surface area (Å²) in [5.41, 5.74) is 0.338. The van der Waals surface area contributed by atoms with Gasteiger partial charge in [0.1, 0.15) is 4.90 Å². The average Bonchev–Trinajstić information content (AvgIpc) is 3.05. The molecule has 5 heteroatoms. The van der Waals surface area contributed by atoms with Crippen LogP contribution in [0.1, 0.15) is 36.0 Å². The molecule has 19 heavy (non-hydrogen) atoms. The Morgan fingerprint density at radius 3 is 2.53 bits per heavy atom. The molecule has 2 saturated carbocycles. The van der Waals surface area contributed by atoms with Gasteiger partial charge >= 0.3 is 0 Å². The third kappa shape index (κ3) is 1.39. The number of carbonyl (C=O) groups excluding carboxylic acids is 1. The van der Waals surface area contributed by atoms with Gasteiger partial charge in [0.05, 0.1) is 11.6 Å². The Hall–Kier alpha value is -1.36. The fourth-order valence-corrected chi connectivity index (χ4v) is 5.86. The van der Waals surface area contributed by atoms with Crippen molar-refractivity contribution in [3.63, 3.8) is 0 Å². The Balaban J connectivity index is 1.81. The molecule has 3 atom stereocenters. The van der Waals surface area contributed by atoms with Gasteiger partial charge in [-0.25, -0.2) is 12.7 Å². The van der Waals surface area contributed by atoms with Crippen LogP contribution in [0.15, 0.2) is 29.2 Å². The maximum atomic E-state index is 12.6. The Labute approximate surface area is 112 Å². The number of rotatable bonds is 1. The molecule has 4 nitrogen and oxygen atoms in total. The Morgan fingerprint density at radius 2 is 1.89 bits per heavy atom. The lowest BCUT2D eigenvalue weighted by molar-refractivity contribution is 0.0798. The topological polar surface area (TPSA) is 54.5 Å². The van der Waals surface area contributed by atoms with Gasteiger partial charge < -0.3 is 0 Å². The van der Waals surface area contributed by atoms with E-state index in [4.69, 9.17) is 0 Å². The molecule has 4 rings (SSSR count). The van der Waals surface area contributed by atoms with Gasteiger partial charge in [-0.1, -0.05) is 18.6 Å². The monoisotopic (exact) mass is 277 g/mol. The van der Waals surface area contributed by atoms with Crippen LogP contribution in [0.3, 0.4) is 0 Å². The van der Waals surface area contributed by atoms with E-state index in [9.17, 15) is 13.2 Å². The zero-order chi connectivity index (χ0) is 13.2. The predicted molar refractivity (Wildman–Crippen MR) is 69.0 cm³/mol. The summed E-state index contributed by atoms with van der Waals surface area (Å²) in [6, 6.07) is 6.44. The van der Waals surface area contributed by atoms with Crippen LogP contribution in [0.2, 0.25) is 0 Å². The van der Waals surface area contributed by atoms with Gasteiger partial charge in [0.15, 0.2) is 0 Å². The molecule has 3 unspecified atom stereocenters. The lowest BCUT2D eigenvalue weighted by Gasteiger charge is -2.29. The first-order valence-corrected chi connectivity index (χ1v) is 8.21. The van der Waals surface area contributed by atoms with Gasteiger partial charge in [-0.05, 0) is 43.2 Å². The van der Waals surface area contributed by atoms with E-state index < -0.39 is 10.0 Å². The van der Waals surface area contributed by atoms with E-state index in [0.717, 1.165) is 19.3 Å². The van der Waals surface area contributed by atoms with Gasteiger partial charge in [-0.3, -0.25) is 4.79 Å². The molecule has 2 bridgehead atoms. The molecule has 100 valence electrons. The van der Waals surface area contributed by atoms with Crippen molar-refractivity contribution in [2.24, 2.45) is 11.8 Å². The van der Waals surface area contributed by atoms with Crippen LogP contribution in [0.4, 0.5) is 0 Å². The molecule has 1 amide bonds. The number of benzene rings is 1. The van der Waals surface area contributed by atoms with Crippen LogP contribution in [-0.2, 0) is 10.0 Å².